The predicted octanol–water partition coefficient (Wildman–Crippen LogP) is 5.13. The predicted molar refractivity (Wildman–Crippen MR) is 114 cm³/mol. The fraction of sp³-hybridized carbons (Fsp3) is 0.273. The molecule has 0 radical (unpaired) electrons. The SMILES string of the molecule is CCc1cc2c(cc1NC(=O)c1ccc(Cl)cc1)c(OC(C)C)c(C(=O)O)n2C. The topological polar surface area (TPSA) is 80.6 Å². The van der Waals surface area contributed by atoms with Crippen LogP contribution in [0.1, 0.15) is 47.2 Å². The molecule has 0 bridgehead atoms. The Morgan fingerprint density at radius 1 is 1.21 bits per heavy atom. The molecule has 152 valence electrons. The zero-order chi connectivity index (χ0) is 21.3. The lowest BCUT2D eigenvalue weighted by atomic mass is 10.1. The number of carbonyl (C=O) groups is 2. The van der Waals surface area contributed by atoms with E-state index in [0.717, 1.165) is 11.1 Å². The lowest BCUT2D eigenvalue weighted by molar-refractivity contribution is 0.0680. The van der Waals surface area contributed by atoms with Gasteiger partial charge in [0.15, 0.2) is 11.4 Å². The standard InChI is InChI=1S/C22H23ClN2O4/c1-5-13-10-18-16(20(29-12(2)3)19(22(27)28)25(18)4)11-17(13)24-21(26)14-6-8-15(23)9-7-14/h6-12H,5H2,1-4H3,(H,24,26)(H,27,28). The zero-order valence-electron chi connectivity index (χ0n) is 16.7. The Hall–Kier alpha value is -2.99. The van der Waals surface area contributed by atoms with E-state index in [-0.39, 0.29) is 17.7 Å². The molecule has 0 fully saturated rings. The van der Waals surface area contributed by atoms with Crippen LogP contribution in [0.5, 0.6) is 5.75 Å². The van der Waals surface area contributed by atoms with E-state index < -0.39 is 5.97 Å². The van der Waals surface area contributed by atoms with E-state index in [9.17, 15) is 14.7 Å². The zero-order valence-corrected chi connectivity index (χ0v) is 17.5. The highest BCUT2D eigenvalue weighted by Crippen LogP contribution is 2.37. The maximum Gasteiger partial charge on any atom is 0.356 e. The average Bonchev–Trinajstić information content (AvgIpc) is 2.92. The van der Waals surface area contributed by atoms with E-state index in [1.807, 2.05) is 26.8 Å². The maximum absolute atomic E-state index is 12.7. The van der Waals surface area contributed by atoms with Crippen LogP contribution in [-0.4, -0.2) is 27.7 Å². The molecular weight excluding hydrogens is 392 g/mol. The quantitative estimate of drug-likeness (QED) is 0.585. The Kier molecular flexibility index (Phi) is 5.84. The molecule has 2 aromatic carbocycles. The average molecular weight is 415 g/mol. The molecule has 1 aromatic heterocycles. The number of nitrogens with one attached hydrogen (secondary N) is 1. The van der Waals surface area contributed by atoms with Gasteiger partial charge >= 0.3 is 5.97 Å². The summed E-state index contributed by atoms with van der Waals surface area (Å²) in [6.07, 6.45) is 0.469. The van der Waals surface area contributed by atoms with Crippen molar-refractivity contribution in [3.8, 4) is 5.75 Å². The number of aromatic nitrogens is 1. The first-order valence-electron chi connectivity index (χ1n) is 9.35. The van der Waals surface area contributed by atoms with Crippen LogP contribution in [0.15, 0.2) is 36.4 Å². The lowest BCUT2D eigenvalue weighted by Gasteiger charge is -2.13. The summed E-state index contributed by atoms with van der Waals surface area (Å²) in [6.45, 7) is 5.66. The molecular formula is C22H23ClN2O4. The molecule has 0 saturated carbocycles. The molecule has 0 saturated heterocycles. The minimum atomic E-state index is -1.07. The number of anilines is 1. The minimum Gasteiger partial charge on any atom is -0.488 e. The second-order valence-electron chi connectivity index (χ2n) is 7.05. The second-order valence-corrected chi connectivity index (χ2v) is 7.49. The molecule has 1 heterocycles. The number of amides is 1. The Morgan fingerprint density at radius 2 is 1.86 bits per heavy atom. The summed E-state index contributed by atoms with van der Waals surface area (Å²) < 4.78 is 7.45. The number of aromatic carboxylic acids is 1. The van der Waals surface area contributed by atoms with Gasteiger partial charge in [-0.05, 0) is 62.2 Å². The van der Waals surface area contributed by atoms with Gasteiger partial charge in [-0.25, -0.2) is 4.79 Å². The molecule has 29 heavy (non-hydrogen) atoms. The number of carboxylic acids is 1. The van der Waals surface area contributed by atoms with Crippen molar-refractivity contribution in [1.29, 1.82) is 0 Å². The van der Waals surface area contributed by atoms with Crippen molar-refractivity contribution in [1.82, 2.24) is 4.57 Å². The van der Waals surface area contributed by atoms with E-state index in [4.69, 9.17) is 16.3 Å². The number of ether oxygens (including phenoxy) is 1. The van der Waals surface area contributed by atoms with E-state index in [2.05, 4.69) is 5.32 Å². The first-order valence-corrected chi connectivity index (χ1v) is 9.72. The fourth-order valence-electron chi connectivity index (χ4n) is 3.29. The molecule has 3 aromatic rings. The van der Waals surface area contributed by atoms with Crippen molar-refractivity contribution in [2.75, 3.05) is 5.32 Å². The van der Waals surface area contributed by atoms with Gasteiger partial charge in [0.05, 0.1) is 11.6 Å². The fourth-order valence-corrected chi connectivity index (χ4v) is 3.42. The third-order valence-electron chi connectivity index (χ3n) is 4.67. The number of nitrogens with zero attached hydrogens (tertiary/aromatic N) is 1. The van der Waals surface area contributed by atoms with Crippen molar-refractivity contribution >= 4 is 40.1 Å². The van der Waals surface area contributed by atoms with Gasteiger partial charge < -0.3 is 19.7 Å². The van der Waals surface area contributed by atoms with Gasteiger partial charge in [0.25, 0.3) is 5.91 Å². The maximum atomic E-state index is 12.7. The van der Waals surface area contributed by atoms with Crippen LogP contribution in [0.3, 0.4) is 0 Å². The Labute approximate surface area is 174 Å². The molecule has 2 N–H and O–H groups in total. The molecule has 0 aliphatic heterocycles. The lowest BCUT2D eigenvalue weighted by Crippen LogP contribution is -2.13. The third kappa shape index (κ3) is 4.07. The van der Waals surface area contributed by atoms with Crippen molar-refractivity contribution in [2.45, 2.75) is 33.3 Å². The number of hydrogen-bond donors (Lipinski definition) is 2. The van der Waals surface area contributed by atoms with Crippen LogP contribution in [-0.2, 0) is 13.5 Å². The van der Waals surface area contributed by atoms with Crippen LogP contribution in [0.2, 0.25) is 5.02 Å². The normalized spacial score (nSPS) is 11.1. The monoisotopic (exact) mass is 414 g/mol. The van der Waals surface area contributed by atoms with Gasteiger partial charge in [-0.1, -0.05) is 18.5 Å². The summed E-state index contributed by atoms with van der Waals surface area (Å²) in [5, 5.41) is 13.8. The van der Waals surface area contributed by atoms with Crippen molar-refractivity contribution in [3.05, 3.63) is 58.2 Å². The number of benzene rings is 2. The summed E-state index contributed by atoms with van der Waals surface area (Å²) in [7, 11) is 1.70. The number of aryl methyl sites for hydroxylation is 2. The van der Waals surface area contributed by atoms with Crippen molar-refractivity contribution < 1.29 is 19.4 Å². The van der Waals surface area contributed by atoms with E-state index >= 15 is 0 Å². The van der Waals surface area contributed by atoms with Crippen LogP contribution in [0.25, 0.3) is 10.9 Å². The second kappa shape index (κ2) is 8.17. The summed E-state index contributed by atoms with van der Waals surface area (Å²) in [6, 6.07) is 10.3. The molecule has 1 amide bonds. The van der Waals surface area contributed by atoms with Crippen LogP contribution >= 0.6 is 11.6 Å². The minimum absolute atomic E-state index is 0.0805. The van der Waals surface area contributed by atoms with Crippen molar-refractivity contribution in [2.24, 2.45) is 7.05 Å². The Balaban J connectivity index is 2.13. The largest absolute Gasteiger partial charge is 0.488 e. The number of hydrogen-bond acceptors (Lipinski definition) is 3. The number of carboxylic acid groups (broad SMARTS) is 1. The van der Waals surface area contributed by atoms with Gasteiger partial charge in [0.2, 0.25) is 0 Å². The summed E-state index contributed by atoms with van der Waals surface area (Å²) in [5.74, 6) is -1.03. The van der Waals surface area contributed by atoms with Crippen LogP contribution in [0.4, 0.5) is 5.69 Å². The Morgan fingerprint density at radius 3 is 2.41 bits per heavy atom. The number of carbonyl (C=O) groups excluding carboxylic acids is 1. The first kappa shape index (κ1) is 20.7. The molecule has 7 heteroatoms. The highest BCUT2D eigenvalue weighted by molar-refractivity contribution is 6.30. The molecule has 0 aliphatic carbocycles. The van der Waals surface area contributed by atoms with Gasteiger partial charge in [-0.3, -0.25) is 4.79 Å². The molecule has 6 nitrogen and oxygen atoms in total. The highest BCUT2D eigenvalue weighted by Gasteiger charge is 2.24. The van der Waals surface area contributed by atoms with E-state index in [1.54, 1.807) is 41.9 Å². The number of fused-ring (bicyclic) bond motifs is 1. The molecule has 0 spiro atoms. The van der Waals surface area contributed by atoms with Crippen LogP contribution < -0.4 is 10.1 Å². The smallest absolute Gasteiger partial charge is 0.356 e. The molecule has 0 aliphatic rings. The van der Waals surface area contributed by atoms with Gasteiger partial charge in [-0.15, -0.1) is 0 Å². The van der Waals surface area contributed by atoms with Crippen molar-refractivity contribution in [3.63, 3.8) is 0 Å². The molecule has 0 atom stereocenters. The highest BCUT2D eigenvalue weighted by atomic mass is 35.5. The van der Waals surface area contributed by atoms with Gasteiger partial charge in [0, 0.05) is 28.7 Å². The summed E-state index contributed by atoms with van der Waals surface area (Å²) in [5.41, 5.74) is 2.82. The third-order valence-corrected chi connectivity index (χ3v) is 4.92. The van der Waals surface area contributed by atoms with E-state index in [0.29, 0.717) is 33.8 Å². The van der Waals surface area contributed by atoms with Gasteiger partial charge in [0.1, 0.15) is 0 Å². The molecule has 0 unspecified atom stereocenters. The summed E-state index contributed by atoms with van der Waals surface area (Å²) in [4.78, 5) is 24.5. The number of rotatable bonds is 6. The van der Waals surface area contributed by atoms with E-state index in [1.165, 1.54) is 0 Å². The number of halogens is 1. The molecule has 3 rings (SSSR count). The van der Waals surface area contributed by atoms with Crippen LogP contribution in [0, 0.1) is 0 Å². The Bertz CT molecular complexity index is 1080. The summed E-state index contributed by atoms with van der Waals surface area (Å²) >= 11 is 5.90. The van der Waals surface area contributed by atoms with Gasteiger partial charge in [-0.2, -0.15) is 0 Å². The first-order chi connectivity index (χ1) is 13.7.